The normalized spacial score (nSPS) is 18.4. The second-order valence-corrected chi connectivity index (χ2v) is 6.66. The van der Waals surface area contributed by atoms with Gasteiger partial charge in [-0.3, -0.25) is 0 Å². The summed E-state index contributed by atoms with van der Waals surface area (Å²) in [7, 11) is -4.49. The van der Waals surface area contributed by atoms with Crippen molar-refractivity contribution in [2.45, 2.75) is 36.2 Å². The van der Waals surface area contributed by atoms with Crippen LogP contribution in [0.25, 0.3) is 0 Å². The van der Waals surface area contributed by atoms with Gasteiger partial charge in [-0.1, -0.05) is 12.8 Å². The highest BCUT2D eigenvalue weighted by Crippen LogP contribution is 2.29. The van der Waals surface area contributed by atoms with E-state index in [2.05, 4.69) is 0 Å². The molecule has 1 aromatic rings. The summed E-state index contributed by atoms with van der Waals surface area (Å²) in [5.41, 5.74) is -1.19. The molecule has 1 fully saturated rings. The standard InChI is InChI=1S/C12H14F3NO3S/c13-8-5-9(14)11(10(15)6-8)20(18,19)16-7-12(17)3-1-2-4-12/h5-6,16-17H,1-4,7H2. The Labute approximate surface area is 114 Å². The summed E-state index contributed by atoms with van der Waals surface area (Å²) in [5, 5.41) is 10.0. The van der Waals surface area contributed by atoms with Crippen molar-refractivity contribution in [2.24, 2.45) is 0 Å². The number of hydrogen-bond acceptors (Lipinski definition) is 3. The van der Waals surface area contributed by atoms with Gasteiger partial charge in [-0.2, -0.15) is 0 Å². The lowest BCUT2D eigenvalue weighted by atomic mass is 10.0. The number of benzene rings is 1. The van der Waals surface area contributed by atoms with E-state index in [1.54, 1.807) is 0 Å². The lowest BCUT2D eigenvalue weighted by Gasteiger charge is -2.22. The van der Waals surface area contributed by atoms with Gasteiger partial charge in [0, 0.05) is 18.7 Å². The second kappa shape index (κ2) is 5.34. The van der Waals surface area contributed by atoms with Crippen LogP contribution in [0, 0.1) is 17.5 Å². The van der Waals surface area contributed by atoms with Crippen LogP contribution in [0.4, 0.5) is 13.2 Å². The van der Waals surface area contributed by atoms with Crippen molar-refractivity contribution in [2.75, 3.05) is 6.54 Å². The first kappa shape index (κ1) is 15.3. The molecular weight excluding hydrogens is 295 g/mol. The lowest BCUT2D eigenvalue weighted by Crippen LogP contribution is -2.41. The summed E-state index contributed by atoms with van der Waals surface area (Å²) in [5.74, 6) is -4.21. The third-order valence-electron chi connectivity index (χ3n) is 3.36. The molecular formula is C12H14F3NO3S. The Hall–Kier alpha value is -1.12. The van der Waals surface area contributed by atoms with Crippen molar-refractivity contribution in [3.05, 3.63) is 29.6 Å². The van der Waals surface area contributed by atoms with Gasteiger partial charge in [0.15, 0.2) is 4.90 Å². The molecule has 0 aliphatic heterocycles. The Morgan fingerprint density at radius 2 is 1.65 bits per heavy atom. The smallest absolute Gasteiger partial charge is 0.246 e. The molecule has 0 unspecified atom stereocenters. The minimum atomic E-state index is -4.49. The highest BCUT2D eigenvalue weighted by atomic mass is 32.2. The Bertz CT molecular complexity index is 589. The fourth-order valence-electron chi connectivity index (χ4n) is 2.30. The van der Waals surface area contributed by atoms with E-state index in [0.29, 0.717) is 25.0 Å². The third kappa shape index (κ3) is 3.13. The van der Waals surface area contributed by atoms with E-state index in [4.69, 9.17) is 0 Å². The molecule has 0 atom stereocenters. The molecule has 112 valence electrons. The monoisotopic (exact) mass is 309 g/mol. The number of hydrogen-bond donors (Lipinski definition) is 2. The highest BCUT2D eigenvalue weighted by Gasteiger charge is 2.34. The van der Waals surface area contributed by atoms with Gasteiger partial charge >= 0.3 is 0 Å². The first-order valence-corrected chi connectivity index (χ1v) is 7.58. The molecule has 2 rings (SSSR count). The zero-order valence-electron chi connectivity index (χ0n) is 10.5. The fraction of sp³-hybridized carbons (Fsp3) is 0.500. The molecule has 0 amide bonds. The quantitative estimate of drug-likeness (QED) is 0.889. The van der Waals surface area contributed by atoms with Crippen molar-refractivity contribution in [3.63, 3.8) is 0 Å². The molecule has 2 N–H and O–H groups in total. The van der Waals surface area contributed by atoms with E-state index in [1.165, 1.54) is 0 Å². The number of sulfonamides is 1. The number of rotatable bonds is 4. The van der Waals surface area contributed by atoms with Crippen LogP contribution >= 0.6 is 0 Å². The van der Waals surface area contributed by atoms with Gasteiger partial charge in [0.05, 0.1) is 5.60 Å². The SMILES string of the molecule is O=S(=O)(NCC1(O)CCCC1)c1c(F)cc(F)cc1F. The van der Waals surface area contributed by atoms with Crippen molar-refractivity contribution in [3.8, 4) is 0 Å². The van der Waals surface area contributed by atoms with Crippen LogP contribution in [0.3, 0.4) is 0 Å². The second-order valence-electron chi connectivity index (χ2n) is 4.95. The van der Waals surface area contributed by atoms with E-state index in [9.17, 15) is 26.7 Å². The molecule has 0 bridgehead atoms. The fourth-order valence-corrected chi connectivity index (χ4v) is 3.53. The Morgan fingerprint density at radius 1 is 1.15 bits per heavy atom. The summed E-state index contributed by atoms with van der Waals surface area (Å²) in [4.78, 5) is -1.24. The summed E-state index contributed by atoms with van der Waals surface area (Å²) >= 11 is 0. The molecule has 0 saturated heterocycles. The molecule has 0 spiro atoms. The minimum Gasteiger partial charge on any atom is -0.389 e. The summed E-state index contributed by atoms with van der Waals surface area (Å²) in [6.07, 6.45) is 2.36. The van der Waals surface area contributed by atoms with Crippen molar-refractivity contribution in [1.29, 1.82) is 0 Å². The predicted octanol–water partition coefficient (Wildman–Crippen LogP) is 1.69. The topological polar surface area (TPSA) is 66.4 Å². The average molecular weight is 309 g/mol. The van der Waals surface area contributed by atoms with Crippen LogP contribution in [0.2, 0.25) is 0 Å². The number of aliphatic hydroxyl groups is 1. The molecule has 4 nitrogen and oxygen atoms in total. The zero-order valence-corrected chi connectivity index (χ0v) is 11.3. The highest BCUT2D eigenvalue weighted by molar-refractivity contribution is 7.89. The zero-order chi connectivity index (χ0) is 15.0. The first-order chi connectivity index (χ1) is 9.23. The van der Waals surface area contributed by atoms with Crippen molar-refractivity contribution < 1.29 is 26.7 Å². The molecule has 1 saturated carbocycles. The van der Waals surface area contributed by atoms with Crippen LogP contribution in [-0.2, 0) is 10.0 Å². The van der Waals surface area contributed by atoms with E-state index >= 15 is 0 Å². The Balaban J connectivity index is 2.23. The maximum Gasteiger partial charge on any atom is 0.246 e. The maximum absolute atomic E-state index is 13.4. The van der Waals surface area contributed by atoms with Gasteiger partial charge in [-0.25, -0.2) is 26.3 Å². The molecule has 0 heterocycles. The van der Waals surface area contributed by atoms with Crippen LogP contribution in [0.15, 0.2) is 17.0 Å². The summed E-state index contributed by atoms with van der Waals surface area (Å²) in [6.45, 7) is -0.328. The number of halogens is 3. The molecule has 1 aliphatic rings. The van der Waals surface area contributed by atoms with E-state index < -0.39 is 38.0 Å². The van der Waals surface area contributed by atoms with E-state index in [-0.39, 0.29) is 6.54 Å². The van der Waals surface area contributed by atoms with Crippen LogP contribution < -0.4 is 4.72 Å². The molecule has 1 aromatic carbocycles. The molecule has 0 aromatic heterocycles. The molecule has 8 heteroatoms. The van der Waals surface area contributed by atoms with Crippen LogP contribution in [0.5, 0.6) is 0 Å². The Kier molecular flexibility index (Phi) is 4.08. The van der Waals surface area contributed by atoms with Gasteiger partial charge in [-0.05, 0) is 12.8 Å². The van der Waals surface area contributed by atoms with E-state index in [0.717, 1.165) is 12.8 Å². The Morgan fingerprint density at radius 3 is 2.15 bits per heavy atom. The third-order valence-corrected chi connectivity index (χ3v) is 4.81. The average Bonchev–Trinajstić information content (AvgIpc) is 2.73. The number of nitrogens with one attached hydrogen (secondary N) is 1. The van der Waals surface area contributed by atoms with Gasteiger partial charge < -0.3 is 5.11 Å². The minimum absolute atomic E-state index is 0.294. The predicted molar refractivity (Wildman–Crippen MR) is 64.9 cm³/mol. The van der Waals surface area contributed by atoms with Gasteiger partial charge in [-0.15, -0.1) is 0 Å². The van der Waals surface area contributed by atoms with E-state index in [1.807, 2.05) is 4.72 Å². The molecule has 0 radical (unpaired) electrons. The van der Waals surface area contributed by atoms with Crippen LogP contribution in [-0.4, -0.2) is 25.7 Å². The first-order valence-electron chi connectivity index (χ1n) is 6.10. The summed E-state index contributed by atoms with van der Waals surface area (Å²) in [6, 6.07) is 0.587. The molecule has 1 aliphatic carbocycles. The van der Waals surface area contributed by atoms with Gasteiger partial charge in [0.2, 0.25) is 10.0 Å². The maximum atomic E-state index is 13.4. The lowest BCUT2D eigenvalue weighted by molar-refractivity contribution is 0.0531. The molecule has 20 heavy (non-hydrogen) atoms. The van der Waals surface area contributed by atoms with Crippen LogP contribution in [0.1, 0.15) is 25.7 Å². The largest absolute Gasteiger partial charge is 0.389 e. The van der Waals surface area contributed by atoms with Crippen molar-refractivity contribution >= 4 is 10.0 Å². The van der Waals surface area contributed by atoms with Gasteiger partial charge in [0.25, 0.3) is 0 Å². The van der Waals surface area contributed by atoms with Crippen molar-refractivity contribution in [1.82, 2.24) is 4.72 Å². The summed E-state index contributed by atoms with van der Waals surface area (Å²) < 4.78 is 65.3. The van der Waals surface area contributed by atoms with Gasteiger partial charge in [0.1, 0.15) is 17.5 Å².